The molecule has 0 aliphatic rings. The molecule has 0 spiro atoms. The third-order valence-corrected chi connectivity index (χ3v) is 3.07. The molecular weight excluding hydrogens is 288 g/mol. The average molecular weight is 308 g/mol. The Morgan fingerprint density at radius 1 is 1.27 bits per heavy atom. The number of carboxylic acid groups (broad SMARTS) is 1. The predicted molar refractivity (Wildman–Crippen MR) is 79.8 cm³/mol. The van der Waals surface area contributed by atoms with Gasteiger partial charge in [-0.2, -0.15) is 0 Å². The van der Waals surface area contributed by atoms with Gasteiger partial charge in [-0.15, -0.1) is 0 Å². The first-order chi connectivity index (χ1) is 10.2. The molecule has 0 saturated heterocycles. The summed E-state index contributed by atoms with van der Waals surface area (Å²) >= 11 is 0. The van der Waals surface area contributed by atoms with Crippen molar-refractivity contribution in [2.24, 2.45) is 0 Å². The van der Waals surface area contributed by atoms with Crippen molar-refractivity contribution in [3.05, 3.63) is 35.4 Å². The van der Waals surface area contributed by atoms with Crippen LogP contribution in [0.4, 0.5) is 0 Å². The van der Waals surface area contributed by atoms with Crippen molar-refractivity contribution in [3.8, 4) is 0 Å². The zero-order valence-corrected chi connectivity index (χ0v) is 13.0. The summed E-state index contributed by atoms with van der Waals surface area (Å²) in [6.45, 7) is 1.18. The summed E-state index contributed by atoms with van der Waals surface area (Å²) in [4.78, 5) is 36.8. The molecular formula is C15H20N2O5. The van der Waals surface area contributed by atoms with Crippen molar-refractivity contribution >= 4 is 17.8 Å². The van der Waals surface area contributed by atoms with Gasteiger partial charge in [-0.3, -0.25) is 9.59 Å². The number of carbonyl (C=O) groups excluding carboxylic acids is 2. The molecule has 1 unspecified atom stereocenters. The number of nitrogens with one attached hydrogen (secondary N) is 1. The number of ether oxygens (including phenoxy) is 1. The van der Waals surface area contributed by atoms with Gasteiger partial charge in [-0.1, -0.05) is 6.07 Å². The van der Waals surface area contributed by atoms with Crippen LogP contribution in [0, 0.1) is 0 Å². The second kappa shape index (κ2) is 7.04. The van der Waals surface area contributed by atoms with E-state index in [2.05, 4.69) is 5.32 Å². The largest absolute Gasteiger partial charge is 0.479 e. The van der Waals surface area contributed by atoms with E-state index in [1.807, 2.05) is 0 Å². The monoisotopic (exact) mass is 308 g/mol. The Labute approximate surface area is 128 Å². The predicted octanol–water partition coefficient (Wildman–Crippen LogP) is 0.608. The van der Waals surface area contributed by atoms with E-state index in [9.17, 15) is 19.5 Å². The standard InChI is InChI=1S/C15H20N2O5/c1-15(9-22-4,14(20)21)16-12(18)10-6-5-7-11(8-10)13(19)17(2)3/h5-8H,9H2,1-4H3,(H,16,18)(H,20,21). The molecule has 0 fully saturated rings. The van der Waals surface area contributed by atoms with Gasteiger partial charge in [0.1, 0.15) is 0 Å². The van der Waals surface area contributed by atoms with Crippen LogP contribution in [0.1, 0.15) is 27.6 Å². The van der Waals surface area contributed by atoms with E-state index in [1.54, 1.807) is 26.2 Å². The minimum absolute atomic E-state index is 0.176. The lowest BCUT2D eigenvalue weighted by Gasteiger charge is -2.25. The fourth-order valence-electron chi connectivity index (χ4n) is 1.81. The van der Waals surface area contributed by atoms with Crippen molar-refractivity contribution in [1.29, 1.82) is 0 Å². The maximum absolute atomic E-state index is 12.2. The number of hydrogen-bond donors (Lipinski definition) is 2. The molecule has 0 aliphatic carbocycles. The van der Waals surface area contributed by atoms with Crippen LogP contribution in [-0.2, 0) is 9.53 Å². The number of hydrogen-bond acceptors (Lipinski definition) is 4. The van der Waals surface area contributed by atoms with Crippen LogP contribution >= 0.6 is 0 Å². The Kier molecular flexibility index (Phi) is 5.64. The number of aliphatic carboxylic acids is 1. The zero-order chi connectivity index (χ0) is 16.9. The summed E-state index contributed by atoms with van der Waals surface area (Å²) in [7, 11) is 4.56. The van der Waals surface area contributed by atoms with E-state index in [0.717, 1.165) is 0 Å². The van der Waals surface area contributed by atoms with E-state index in [0.29, 0.717) is 5.56 Å². The zero-order valence-electron chi connectivity index (χ0n) is 13.0. The molecule has 0 aromatic heterocycles. The molecule has 0 heterocycles. The van der Waals surface area contributed by atoms with E-state index in [4.69, 9.17) is 4.74 Å². The molecule has 120 valence electrons. The molecule has 0 saturated carbocycles. The van der Waals surface area contributed by atoms with E-state index in [-0.39, 0.29) is 18.1 Å². The van der Waals surface area contributed by atoms with Crippen molar-refractivity contribution in [2.75, 3.05) is 27.8 Å². The molecule has 7 nitrogen and oxygen atoms in total. The molecule has 1 atom stereocenters. The molecule has 22 heavy (non-hydrogen) atoms. The highest BCUT2D eigenvalue weighted by Crippen LogP contribution is 2.11. The number of rotatable bonds is 6. The van der Waals surface area contributed by atoms with Crippen LogP contribution in [0.2, 0.25) is 0 Å². The SMILES string of the molecule is COCC(C)(NC(=O)c1cccc(C(=O)N(C)C)c1)C(=O)O. The van der Waals surface area contributed by atoms with Crippen LogP contribution in [0.5, 0.6) is 0 Å². The van der Waals surface area contributed by atoms with Gasteiger partial charge in [-0.25, -0.2) is 4.79 Å². The minimum atomic E-state index is -1.55. The highest BCUT2D eigenvalue weighted by atomic mass is 16.5. The topological polar surface area (TPSA) is 95.9 Å². The van der Waals surface area contributed by atoms with Gasteiger partial charge in [0.15, 0.2) is 5.54 Å². The van der Waals surface area contributed by atoms with Gasteiger partial charge >= 0.3 is 5.97 Å². The Hall–Kier alpha value is -2.41. The van der Waals surface area contributed by atoms with Gasteiger partial charge in [0.05, 0.1) is 6.61 Å². The minimum Gasteiger partial charge on any atom is -0.479 e. The molecule has 2 N–H and O–H groups in total. The lowest BCUT2D eigenvalue weighted by Crippen LogP contribution is -2.55. The highest BCUT2D eigenvalue weighted by molar-refractivity contribution is 6.01. The molecule has 7 heteroatoms. The lowest BCUT2D eigenvalue weighted by atomic mass is 10.0. The Balaban J connectivity index is 3.01. The van der Waals surface area contributed by atoms with Crippen LogP contribution in [0.3, 0.4) is 0 Å². The van der Waals surface area contributed by atoms with Gasteiger partial charge in [0, 0.05) is 32.3 Å². The second-order valence-corrected chi connectivity index (χ2v) is 5.30. The molecule has 0 radical (unpaired) electrons. The summed E-state index contributed by atoms with van der Waals surface area (Å²) in [5.41, 5.74) is -0.995. The van der Waals surface area contributed by atoms with Gasteiger partial charge < -0.3 is 20.1 Å². The molecule has 0 bridgehead atoms. The first-order valence-electron chi connectivity index (χ1n) is 6.58. The first kappa shape index (κ1) is 17.6. The van der Waals surface area contributed by atoms with Crippen molar-refractivity contribution in [1.82, 2.24) is 10.2 Å². The fraction of sp³-hybridized carbons (Fsp3) is 0.400. The summed E-state index contributed by atoms with van der Waals surface area (Å²) in [5, 5.41) is 11.6. The Bertz CT molecular complexity index is 585. The van der Waals surface area contributed by atoms with Crippen molar-refractivity contribution in [3.63, 3.8) is 0 Å². The summed E-state index contributed by atoms with van der Waals surface area (Å²) < 4.78 is 4.84. The quantitative estimate of drug-likeness (QED) is 0.802. The summed E-state index contributed by atoms with van der Waals surface area (Å²) in [6.07, 6.45) is 0. The highest BCUT2D eigenvalue weighted by Gasteiger charge is 2.35. The molecule has 1 rings (SSSR count). The molecule has 1 aromatic rings. The first-order valence-corrected chi connectivity index (χ1v) is 6.58. The third kappa shape index (κ3) is 4.05. The normalized spacial score (nSPS) is 13.1. The fourth-order valence-corrected chi connectivity index (χ4v) is 1.81. The average Bonchev–Trinajstić information content (AvgIpc) is 2.46. The van der Waals surface area contributed by atoms with Crippen molar-refractivity contribution in [2.45, 2.75) is 12.5 Å². The van der Waals surface area contributed by atoms with E-state index >= 15 is 0 Å². The number of carboxylic acids is 1. The Morgan fingerprint density at radius 2 is 1.86 bits per heavy atom. The number of nitrogens with zero attached hydrogens (tertiary/aromatic N) is 1. The maximum Gasteiger partial charge on any atom is 0.331 e. The van der Waals surface area contributed by atoms with Crippen LogP contribution in [0.15, 0.2) is 24.3 Å². The maximum atomic E-state index is 12.2. The Morgan fingerprint density at radius 3 is 2.36 bits per heavy atom. The van der Waals surface area contributed by atoms with E-state index < -0.39 is 17.4 Å². The summed E-state index contributed by atoms with van der Waals surface area (Å²) in [6, 6.07) is 6.09. The molecule has 2 amide bonds. The van der Waals surface area contributed by atoms with Crippen LogP contribution < -0.4 is 5.32 Å². The lowest BCUT2D eigenvalue weighted by molar-refractivity contribution is -0.145. The van der Waals surface area contributed by atoms with Crippen LogP contribution in [0.25, 0.3) is 0 Å². The molecule has 0 aliphatic heterocycles. The van der Waals surface area contributed by atoms with Crippen LogP contribution in [-0.4, -0.2) is 61.1 Å². The number of amides is 2. The molecule has 1 aromatic carbocycles. The van der Waals surface area contributed by atoms with Gasteiger partial charge in [0.25, 0.3) is 11.8 Å². The number of methoxy groups -OCH3 is 1. The number of benzene rings is 1. The third-order valence-electron chi connectivity index (χ3n) is 3.07. The van der Waals surface area contributed by atoms with Gasteiger partial charge in [0.2, 0.25) is 0 Å². The second-order valence-electron chi connectivity index (χ2n) is 5.30. The summed E-state index contributed by atoms with van der Waals surface area (Å²) in [5.74, 6) is -2.04. The van der Waals surface area contributed by atoms with E-state index in [1.165, 1.54) is 31.1 Å². The van der Waals surface area contributed by atoms with Gasteiger partial charge in [-0.05, 0) is 25.1 Å². The smallest absolute Gasteiger partial charge is 0.331 e. The number of carbonyl (C=O) groups is 3. The van der Waals surface area contributed by atoms with Crippen molar-refractivity contribution < 1.29 is 24.2 Å².